The van der Waals surface area contributed by atoms with Crippen molar-refractivity contribution in [2.75, 3.05) is 19.0 Å². The lowest BCUT2D eigenvalue weighted by Crippen LogP contribution is -2.25. The molecule has 1 unspecified atom stereocenters. The minimum absolute atomic E-state index is 0.00633. The Morgan fingerprint density at radius 2 is 1.96 bits per heavy atom. The van der Waals surface area contributed by atoms with Crippen molar-refractivity contribution in [3.63, 3.8) is 0 Å². The quantitative estimate of drug-likeness (QED) is 0.709. The van der Waals surface area contributed by atoms with Crippen LogP contribution in [0.15, 0.2) is 54.7 Å². The highest BCUT2D eigenvalue weighted by Crippen LogP contribution is 2.38. The third-order valence-corrected chi connectivity index (χ3v) is 5.00. The van der Waals surface area contributed by atoms with Crippen LogP contribution in [-0.2, 0) is 11.3 Å². The molecule has 2 heterocycles. The average Bonchev–Trinajstić information content (AvgIpc) is 3.11. The molecule has 28 heavy (non-hydrogen) atoms. The number of ether oxygens (including phenoxy) is 2. The second-order valence-corrected chi connectivity index (χ2v) is 6.72. The number of amides is 1. The number of para-hydroxylation sites is 1. The first-order valence-corrected chi connectivity index (χ1v) is 9.39. The molecule has 1 atom stereocenters. The van der Waals surface area contributed by atoms with Crippen molar-refractivity contribution in [1.82, 2.24) is 9.78 Å². The zero-order valence-electron chi connectivity index (χ0n) is 16.0. The fraction of sp³-hybridized carbons (Fsp3) is 0.273. The van der Waals surface area contributed by atoms with E-state index in [9.17, 15) is 4.79 Å². The normalized spacial score (nSPS) is 15.6. The largest absolute Gasteiger partial charge is 0.496 e. The minimum atomic E-state index is -0.0224. The summed E-state index contributed by atoms with van der Waals surface area (Å²) < 4.78 is 12.8. The lowest BCUT2D eigenvalue weighted by Gasteiger charge is -2.24. The number of anilines is 1. The van der Waals surface area contributed by atoms with E-state index >= 15 is 0 Å². The van der Waals surface area contributed by atoms with Gasteiger partial charge in [-0.1, -0.05) is 30.3 Å². The summed E-state index contributed by atoms with van der Waals surface area (Å²) in [6.07, 6.45) is 2.26. The Bertz CT molecular complexity index is 979. The maximum Gasteiger partial charge on any atom is 0.226 e. The molecule has 1 aliphatic heterocycles. The molecule has 1 aromatic heterocycles. The number of rotatable bonds is 6. The summed E-state index contributed by atoms with van der Waals surface area (Å²) >= 11 is 0. The minimum Gasteiger partial charge on any atom is -0.496 e. The van der Waals surface area contributed by atoms with E-state index in [1.807, 2.05) is 66.3 Å². The Morgan fingerprint density at radius 3 is 2.71 bits per heavy atom. The van der Waals surface area contributed by atoms with Crippen LogP contribution in [-0.4, -0.2) is 29.4 Å². The van der Waals surface area contributed by atoms with E-state index in [1.54, 1.807) is 7.11 Å². The number of methoxy groups -OCH3 is 1. The number of hydrogen-bond acceptors (Lipinski definition) is 4. The lowest BCUT2D eigenvalue weighted by molar-refractivity contribution is -0.116. The monoisotopic (exact) mass is 377 g/mol. The molecule has 144 valence electrons. The summed E-state index contributed by atoms with van der Waals surface area (Å²) in [5, 5.41) is 7.54. The Morgan fingerprint density at radius 1 is 1.18 bits per heavy atom. The number of fused-ring (bicyclic) bond motifs is 1. The fourth-order valence-electron chi connectivity index (χ4n) is 3.65. The van der Waals surface area contributed by atoms with Gasteiger partial charge in [0.25, 0.3) is 0 Å². The molecule has 0 spiro atoms. The number of benzene rings is 2. The number of nitrogens with zero attached hydrogens (tertiary/aromatic N) is 2. The maximum absolute atomic E-state index is 12.4. The van der Waals surface area contributed by atoms with E-state index in [0.29, 0.717) is 19.6 Å². The predicted molar refractivity (Wildman–Crippen MR) is 107 cm³/mol. The lowest BCUT2D eigenvalue weighted by atomic mass is 9.87. The summed E-state index contributed by atoms with van der Waals surface area (Å²) in [6, 6.07) is 15.8. The van der Waals surface area contributed by atoms with Gasteiger partial charge >= 0.3 is 0 Å². The van der Waals surface area contributed by atoms with E-state index in [1.165, 1.54) is 0 Å². The van der Waals surface area contributed by atoms with Gasteiger partial charge in [-0.15, -0.1) is 0 Å². The number of carbonyl (C=O) groups excluding carboxylic acids is 1. The van der Waals surface area contributed by atoms with Crippen molar-refractivity contribution in [1.29, 1.82) is 0 Å². The van der Waals surface area contributed by atoms with E-state index in [2.05, 4.69) is 10.4 Å². The van der Waals surface area contributed by atoms with Crippen LogP contribution < -0.4 is 14.8 Å². The molecule has 3 aromatic rings. The molecule has 0 radical (unpaired) electrons. The van der Waals surface area contributed by atoms with Crippen LogP contribution in [0.2, 0.25) is 0 Å². The number of nitrogens with one attached hydrogen (secondary N) is 1. The molecule has 4 rings (SSSR count). The van der Waals surface area contributed by atoms with Gasteiger partial charge in [0.05, 0.1) is 26.5 Å². The standard InChI is InChI=1S/C22H23N3O3/c1-3-28-17-10-8-15(9-11-17)18-12-21(26)24-22-19(18)13-23-25(22)14-16-6-4-5-7-20(16)27-2/h4-11,13,18H,3,12,14H2,1-2H3,(H,24,26). The second kappa shape index (κ2) is 7.76. The molecule has 1 N–H and O–H groups in total. The molecule has 1 aliphatic rings. The van der Waals surface area contributed by atoms with Crippen molar-refractivity contribution < 1.29 is 14.3 Å². The molecule has 0 bridgehead atoms. The predicted octanol–water partition coefficient (Wildman–Crippen LogP) is 3.81. The highest BCUT2D eigenvalue weighted by Gasteiger charge is 2.30. The maximum atomic E-state index is 12.4. The molecule has 0 aliphatic carbocycles. The average molecular weight is 377 g/mol. The van der Waals surface area contributed by atoms with Crippen molar-refractivity contribution in [3.05, 3.63) is 71.4 Å². The highest BCUT2D eigenvalue weighted by molar-refractivity contribution is 5.94. The van der Waals surface area contributed by atoms with Crippen LogP contribution in [0, 0.1) is 0 Å². The first kappa shape index (κ1) is 18.1. The van der Waals surface area contributed by atoms with Crippen molar-refractivity contribution in [3.8, 4) is 11.5 Å². The number of aromatic nitrogens is 2. The van der Waals surface area contributed by atoms with E-state index in [0.717, 1.165) is 34.0 Å². The summed E-state index contributed by atoms with van der Waals surface area (Å²) in [4.78, 5) is 12.4. The first-order valence-electron chi connectivity index (χ1n) is 9.39. The van der Waals surface area contributed by atoms with Gasteiger partial charge in [0, 0.05) is 23.5 Å². The molecule has 6 nitrogen and oxygen atoms in total. The van der Waals surface area contributed by atoms with Crippen LogP contribution in [0.25, 0.3) is 0 Å². The van der Waals surface area contributed by atoms with Gasteiger partial charge in [-0.05, 0) is 30.7 Å². The Labute approximate surface area is 164 Å². The van der Waals surface area contributed by atoms with Crippen LogP contribution >= 0.6 is 0 Å². The Kier molecular flexibility index (Phi) is 5.02. The van der Waals surface area contributed by atoms with E-state index in [4.69, 9.17) is 9.47 Å². The van der Waals surface area contributed by atoms with E-state index < -0.39 is 0 Å². The number of hydrogen-bond donors (Lipinski definition) is 1. The first-order chi connectivity index (χ1) is 13.7. The van der Waals surface area contributed by atoms with Gasteiger partial charge in [-0.25, -0.2) is 4.68 Å². The molecular weight excluding hydrogens is 354 g/mol. The van der Waals surface area contributed by atoms with Crippen molar-refractivity contribution in [2.24, 2.45) is 0 Å². The second-order valence-electron chi connectivity index (χ2n) is 6.72. The van der Waals surface area contributed by atoms with Crippen molar-refractivity contribution in [2.45, 2.75) is 25.8 Å². The highest BCUT2D eigenvalue weighted by atomic mass is 16.5. The molecule has 0 saturated heterocycles. The topological polar surface area (TPSA) is 65.4 Å². The third-order valence-electron chi connectivity index (χ3n) is 5.00. The Balaban J connectivity index is 1.65. The van der Waals surface area contributed by atoms with Gasteiger partial charge < -0.3 is 14.8 Å². The van der Waals surface area contributed by atoms with E-state index in [-0.39, 0.29) is 11.8 Å². The molecule has 2 aromatic carbocycles. The fourth-order valence-corrected chi connectivity index (χ4v) is 3.65. The van der Waals surface area contributed by atoms with Crippen LogP contribution in [0.4, 0.5) is 5.82 Å². The smallest absolute Gasteiger partial charge is 0.226 e. The number of carbonyl (C=O) groups is 1. The van der Waals surface area contributed by atoms with Crippen molar-refractivity contribution >= 4 is 11.7 Å². The van der Waals surface area contributed by atoms with Crippen LogP contribution in [0.5, 0.6) is 11.5 Å². The summed E-state index contributed by atoms with van der Waals surface area (Å²) in [5.74, 6) is 2.36. The zero-order chi connectivity index (χ0) is 19.5. The Hall–Kier alpha value is -3.28. The summed E-state index contributed by atoms with van der Waals surface area (Å²) in [6.45, 7) is 3.11. The molecule has 1 amide bonds. The molecule has 0 saturated carbocycles. The van der Waals surface area contributed by atoms with Gasteiger partial charge in [0.2, 0.25) is 5.91 Å². The summed E-state index contributed by atoms with van der Waals surface area (Å²) in [5.41, 5.74) is 3.11. The van der Waals surface area contributed by atoms with Gasteiger partial charge in [0.1, 0.15) is 17.3 Å². The molecule has 0 fully saturated rings. The van der Waals surface area contributed by atoms with Crippen LogP contribution in [0.1, 0.15) is 36.0 Å². The van der Waals surface area contributed by atoms with Gasteiger partial charge in [-0.2, -0.15) is 5.10 Å². The summed E-state index contributed by atoms with van der Waals surface area (Å²) in [7, 11) is 1.65. The zero-order valence-corrected chi connectivity index (χ0v) is 16.0. The molecular formula is C22H23N3O3. The van der Waals surface area contributed by atoms with Gasteiger partial charge in [-0.3, -0.25) is 4.79 Å². The molecule has 6 heteroatoms. The third kappa shape index (κ3) is 3.45. The SMILES string of the molecule is CCOc1ccc(C2CC(=O)Nc3c2cnn3Cc2ccccc2OC)cc1. The van der Waals surface area contributed by atoms with Gasteiger partial charge in [0.15, 0.2) is 0 Å². The van der Waals surface area contributed by atoms with Crippen LogP contribution in [0.3, 0.4) is 0 Å².